The molecule has 0 saturated heterocycles. The first-order valence-corrected chi connectivity index (χ1v) is 3.54. The smallest absolute Gasteiger partial charge is 0.224 e. The third kappa shape index (κ3) is 0.886. The standard InChI is InChI=1S/C6H8N4O/c11-4-5-8-9-6-7-2-1-3-10(5)6/h4H,1-3H2,(H,7,9). The topological polar surface area (TPSA) is 59.8 Å². The van der Waals surface area contributed by atoms with E-state index in [0.29, 0.717) is 11.8 Å². The maximum atomic E-state index is 10.4. The molecule has 1 aromatic heterocycles. The molecule has 0 atom stereocenters. The largest absolute Gasteiger partial charge is 0.354 e. The summed E-state index contributed by atoms with van der Waals surface area (Å²) in [6.45, 7) is 1.75. The average molecular weight is 152 g/mol. The molecule has 1 aliphatic heterocycles. The summed E-state index contributed by atoms with van der Waals surface area (Å²) in [6, 6.07) is 0. The zero-order valence-corrected chi connectivity index (χ0v) is 5.95. The number of hydrogen-bond donors (Lipinski definition) is 1. The fourth-order valence-corrected chi connectivity index (χ4v) is 1.19. The first-order chi connectivity index (χ1) is 5.42. The van der Waals surface area contributed by atoms with Gasteiger partial charge in [0.15, 0.2) is 12.1 Å². The van der Waals surface area contributed by atoms with Gasteiger partial charge in [0.25, 0.3) is 0 Å². The van der Waals surface area contributed by atoms with Crippen molar-refractivity contribution in [2.75, 3.05) is 11.9 Å². The molecule has 0 aliphatic carbocycles. The quantitative estimate of drug-likeness (QED) is 0.571. The van der Waals surface area contributed by atoms with Gasteiger partial charge in [-0.25, -0.2) is 0 Å². The van der Waals surface area contributed by atoms with Crippen LogP contribution in [-0.2, 0) is 6.54 Å². The Balaban J connectivity index is 2.45. The van der Waals surface area contributed by atoms with Crippen LogP contribution in [0.15, 0.2) is 0 Å². The van der Waals surface area contributed by atoms with Crippen LogP contribution < -0.4 is 5.32 Å². The zero-order valence-electron chi connectivity index (χ0n) is 5.95. The molecule has 0 radical (unpaired) electrons. The zero-order chi connectivity index (χ0) is 7.68. The Morgan fingerprint density at radius 1 is 1.55 bits per heavy atom. The van der Waals surface area contributed by atoms with Gasteiger partial charge in [-0.2, -0.15) is 0 Å². The lowest BCUT2D eigenvalue weighted by Gasteiger charge is -2.14. The fraction of sp³-hybridized carbons (Fsp3) is 0.500. The van der Waals surface area contributed by atoms with Crippen molar-refractivity contribution in [1.82, 2.24) is 14.8 Å². The minimum Gasteiger partial charge on any atom is -0.354 e. The lowest BCUT2D eigenvalue weighted by atomic mass is 10.3. The van der Waals surface area contributed by atoms with Crippen LogP contribution in [0, 0.1) is 0 Å². The van der Waals surface area contributed by atoms with Gasteiger partial charge in [-0.05, 0) is 6.42 Å². The number of rotatable bonds is 1. The average Bonchev–Trinajstić information content (AvgIpc) is 2.47. The molecular formula is C6H8N4O. The molecule has 2 heterocycles. The molecular weight excluding hydrogens is 144 g/mol. The van der Waals surface area contributed by atoms with Gasteiger partial charge in [0.2, 0.25) is 5.95 Å². The Bertz CT molecular complexity index is 280. The molecule has 0 unspecified atom stereocenters. The van der Waals surface area contributed by atoms with Gasteiger partial charge in [0, 0.05) is 13.1 Å². The monoisotopic (exact) mass is 152 g/mol. The summed E-state index contributed by atoms with van der Waals surface area (Å²) < 4.78 is 1.79. The number of anilines is 1. The minimum atomic E-state index is 0.409. The van der Waals surface area contributed by atoms with E-state index in [4.69, 9.17) is 0 Å². The Kier molecular flexibility index (Phi) is 1.34. The summed E-state index contributed by atoms with van der Waals surface area (Å²) in [5.41, 5.74) is 0. The van der Waals surface area contributed by atoms with Crippen LogP contribution in [0.2, 0.25) is 0 Å². The highest BCUT2D eigenvalue weighted by atomic mass is 16.1. The first kappa shape index (κ1) is 6.33. The van der Waals surface area contributed by atoms with E-state index < -0.39 is 0 Å². The van der Waals surface area contributed by atoms with Crippen molar-refractivity contribution in [1.29, 1.82) is 0 Å². The molecule has 58 valence electrons. The Morgan fingerprint density at radius 3 is 3.27 bits per heavy atom. The van der Waals surface area contributed by atoms with E-state index in [1.54, 1.807) is 4.57 Å². The van der Waals surface area contributed by atoms with Crippen LogP contribution in [0.4, 0.5) is 5.95 Å². The molecule has 1 aliphatic rings. The van der Waals surface area contributed by atoms with Gasteiger partial charge in [0.1, 0.15) is 0 Å². The Hall–Kier alpha value is -1.39. The van der Waals surface area contributed by atoms with E-state index in [0.717, 1.165) is 25.8 Å². The van der Waals surface area contributed by atoms with Crippen molar-refractivity contribution in [3.63, 3.8) is 0 Å². The van der Waals surface area contributed by atoms with Crippen LogP contribution in [0.25, 0.3) is 0 Å². The van der Waals surface area contributed by atoms with Crippen LogP contribution in [0.3, 0.4) is 0 Å². The van der Waals surface area contributed by atoms with Gasteiger partial charge in [-0.3, -0.25) is 9.36 Å². The van der Waals surface area contributed by atoms with E-state index >= 15 is 0 Å². The number of carbonyl (C=O) groups excluding carboxylic acids is 1. The van der Waals surface area contributed by atoms with Crippen molar-refractivity contribution in [3.8, 4) is 0 Å². The van der Waals surface area contributed by atoms with Gasteiger partial charge >= 0.3 is 0 Å². The second kappa shape index (κ2) is 2.34. The molecule has 11 heavy (non-hydrogen) atoms. The first-order valence-electron chi connectivity index (χ1n) is 3.54. The summed E-state index contributed by atoms with van der Waals surface area (Å²) in [5, 5.41) is 10.5. The van der Waals surface area contributed by atoms with Crippen LogP contribution in [0.5, 0.6) is 0 Å². The van der Waals surface area contributed by atoms with E-state index in [1.807, 2.05) is 0 Å². The molecule has 0 spiro atoms. The fourth-order valence-electron chi connectivity index (χ4n) is 1.19. The number of aldehydes is 1. The summed E-state index contributed by atoms with van der Waals surface area (Å²) in [7, 11) is 0. The summed E-state index contributed by atoms with van der Waals surface area (Å²) in [4.78, 5) is 10.4. The maximum Gasteiger partial charge on any atom is 0.224 e. The molecule has 0 fully saturated rings. The molecule has 0 amide bonds. The van der Waals surface area contributed by atoms with Crippen molar-refractivity contribution >= 4 is 12.2 Å². The predicted molar refractivity (Wildman–Crippen MR) is 38.5 cm³/mol. The molecule has 1 N–H and O–H groups in total. The van der Waals surface area contributed by atoms with E-state index in [-0.39, 0.29) is 0 Å². The number of nitrogens with one attached hydrogen (secondary N) is 1. The lowest BCUT2D eigenvalue weighted by molar-refractivity contribution is 0.111. The normalized spacial score (nSPS) is 15.3. The molecule has 2 rings (SSSR count). The number of aromatic nitrogens is 3. The summed E-state index contributed by atoms with van der Waals surface area (Å²) in [5.74, 6) is 1.12. The van der Waals surface area contributed by atoms with Crippen molar-refractivity contribution in [2.24, 2.45) is 0 Å². The van der Waals surface area contributed by atoms with E-state index in [9.17, 15) is 4.79 Å². The van der Waals surface area contributed by atoms with Gasteiger partial charge in [-0.15, -0.1) is 10.2 Å². The van der Waals surface area contributed by atoms with Crippen molar-refractivity contribution < 1.29 is 4.79 Å². The number of carbonyl (C=O) groups is 1. The molecule has 5 heteroatoms. The molecule has 0 bridgehead atoms. The van der Waals surface area contributed by atoms with Crippen LogP contribution >= 0.6 is 0 Å². The number of fused-ring (bicyclic) bond motifs is 1. The second-order valence-corrected chi connectivity index (χ2v) is 2.43. The SMILES string of the molecule is O=Cc1nnc2n1CCCN2. The lowest BCUT2D eigenvalue weighted by Crippen LogP contribution is -2.18. The van der Waals surface area contributed by atoms with Gasteiger partial charge in [-0.1, -0.05) is 0 Å². The van der Waals surface area contributed by atoms with Crippen molar-refractivity contribution in [3.05, 3.63) is 5.82 Å². The second-order valence-electron chi connectivity index (χ2n) is 2.43. The summed E-state index contributed by atoms with van der Waals surface area (Å²) >= 11 is 0. The highest BCUT2D eigenvalue weighted by molar-refractivity contribution is 5.70. The Morgan fingerprint density at radius 2 is 2.45 bits per heavy atom. The third-order valence-corrected chi connectivity index (χ3v) is 1.73. The third-order valence-electron chi connectivity index (χ3n) is 1.73. The van der Waals surface area contributed by atoms with E-state index in [2.05, 4.69) is 15.5 Å². The number of nitrogens with zero attached hydrogens (tertiary/aromatic N) is 3. The molecule has 1 aromatic rings. The maximum absolute atomic E-state index is 10.4. The molecule has 0 saturated carbocycles. The van der Waals surface area contributed by atoms with Gasteiger partial charge < -0.3 is 5.32 Å². The number of hydrogen-bond acceptors (Lipinski definition) is 4. The van der Waals surface area contributed by atoms with Crippen molar-refractivity contribution in [2.45, 2.75) is 13.0 Å². The van der Waals surface area contributed by atoms with Gasteiger partial charge in [0.05, 0.1) is 0 Å². The van der Waals surface area contributed by atoms with E-state index in [1.165, 1.54) is 0 Å². The van der Waals surface area contributed by atoms with Crippen LogP contribution in [-0.4, -0.2) is 27.6 Å². The highest BCUT2D eigenvalue weighted by Gasteiger charge is 2.13. The summed E-state index contributed by atoms with van der Waals surface area (Å²) in [6.07, 6.45) is 1.75. The molecule has 5 nitrogen and oxygen atoms in total. The van der Waals surface area contributed by atoms with Crippen LogP contribution in [0.1, 0.15) is 17.0 Å². The predicted octanol–water partition coefficient (Wildman–Crippen LogP) is -0.0938. The molecule has 0 aromatic carbocycles. The minimum absolute atomic E-state index is 0.409. The Labute approximate surface area is 63.4 Å². The highest BCUT2D eigenvalue weighted by Crippen LogP contribution is 2.11.